The lowest BCUT2D eigenvalue weighted by Gasteiger charge is -2.12. The summed E-state index contributed by atoms with van der Waals surface area (Å²) in [5.74, 6) is 0.270. The Labute approximate surface area is 153 Å². The summed E-state index contributed by atoms with van der Waals surface area (Å²) < 4.78 is 19.9. The minimum absolute atomic E-state index is 0.204. The largest absolute Gasteiger partial charge is 0.457 e. The van der Waals surface area contributed by atoms with Crippen LogP contribution in [0.15, 0.2) is 45.7 Å². The molecule has 1 aromatic carbocycles. The lowest BCUT2D eigenvalue weighted by Crippen LogP contribution is -2.29. The number of hydrogen-bond acceptors (Lipinski definition) is 5. The number of amides is 1. The van der Waals surface area contributed by atoms with E-state index in [0.29, 0.717) is 45.7 Å². The number of rotatable bonds is 6. The highest BCUT2D eigenvalue weighted by atomic mass is 32.2. The van der Waals surface area contributed by atoms with Crippen molar-refractivity contribution >= 4 is 46.6 Å². The van der Waals surface area contributed by atoms with Crippen LogP contribution >= 0.6 is 24.0 Å². The number of aldehydes is 1. The predicted molar refractivity (Wildman–Crippen MR) is 99.3 cm³/mol. The van der Waals surface area contributed by atoms with Crippen LogP contribution in [-0.2, 0) is 9.59 Å². The molecule has 25 heavy (non-hydrogen) atoms. The standard InChI is InChI=1S/C18H14FNO3S2/c19-14-6-2-1-5-13(14)15-8-7-12(23-15)11-16-17(22)20(18(24)25-16)9-3-4-10-21/h1-2,5-8,10-11H,3-4,9H2/b16-11-. The minimum atomic E-state index is -0.370. The molecule has 1 fully saturated rings. The Morgan fingerprint density at radius 3 is 2.80 bits per heavy atom. The number of thioether (sulfide) groups is 1. The summed E-state index contributed by atoms with van der Waals surface area (Å²) in [6.07, 6.45) is 3.38. The number of nitrogens with zero attached hydrogens (tertiary/aromatic N) is 1. The second-order valence-electron chi connectivity index (χ2n) is 5.32. The zero-order valence-electron chi connectivity index (χ0n) is 13.1. The molecule has 1 amide bonds. The molecule has 0 N–H and O–H groups in total. The normalized spacial score (nSPS) is 16.0. The SMILES string of the molecule is O=CCCCN1C(=O)/C(=C/c2ccc(-c3ccccc3F)o2)SC1=S. The van der Waals surface area contributed by atoms with Gasteiger partial charge in [0.15, 0.2) is 0 Å². The Morgan fingerprint density at radius 2 is 2.04 bits per heavy atom. The fourth-order valence-corrected chi connectivity index (χ4v) is 3.68. The quantitative estimate of drug-likeness (QED) is 0.327. The van der Waals surface area contributed by atoms with Gasteiger partial charge in [0.1, 0.15) is 27.9 Å². The van der Waals surface area contributed by atoms with Crippen LogP contribution in [0.3, 0.4) is 0 Å². The van der Waals surface area contributed by atoms with Crippen LogP contribution in [0.1, 0.15) is 18.6 Å². The van der Waals surface area contributed by atoms with Crippen LogP contribution in [-0.4, -0.2) is 28.0 Å². The number of thiocarbonyl (C=S) groups is 1. The van der Waals surface area contributed by atoms with Crippen molar-refractivity contribution in [2.75, 3.05) is 6.54 Å². The van der Waals surface area contributed by atoms with Crippen molar-refractivity contribution in [3.63, 3.8) is 0 Å². The molecule has 3 rings (SSSR count). The van der Waals surface area contributed by atoms with E-state index in [1.54, 1.807) is 36.4 Å². The fraction of sp³-hybridized carbons (Fsp3) is 0.167. The van der Waals surface area contributed by atoms with E-state index in [2.05, 4.69) is 0 Å². The molecule has 0 aliphatic carbocycles. The molecule has 0 saturated carbocycles. The lowest BCUT2D eigenvalue weighted by atomic mass is 10.1. The summed E-state index contributed by atoms with van der Waals surface area (Å²) >= 11 is 6.41. The summed E-state index contributed by atoms with van der Waals surface area (Å²) in [6.45, 7) is 0.416. The Kier molecular flexibility index (Phi) is 5.45. The number of hydrogen-bond donors (Lipinski definition) is 0. The predicted octanol–water partition coefficient (Wildman–Crippen LogP) is 4.27. The highest BCUT2D eigenvalue weighted by Gasteiger charge is 2.31. The van der Waals surface area contributed by atoms with Crippen molar-refractivity contribution in [2.24, 2.45) is 0 Å². The van der Waals surface area contributed by atoms with Gasteiger partial charge < -0.3 is 9.21 Å². The maximum atomic E-state index is 13.8. The van der Waals surface area contributed by atoms with Crippen LogP contribution in [0, 0.1) is 5.82 Å². The van der Waals surface area contributed by atoms with E-state index in [1.165, 1.54) is 22.7 Å². The second kappa shape index (κ2) is 7.76. The minimum Gasteiger partial charge on any atom is -0.457 e. The first-order chi connectivity index (χ1) is 12.1. The zero-order chi connectivity index (χ0) is 17.8. The van der Waals surface area contributed by atoms with E-state index in [-0.39, 0.29) is 11.7 Å². The summed E-state index contributed by atoms with van der Waals surface area (Å²) in [4.78, 5) is 24.7. The first-order valence-electron chi connectivity index (χ1n) is 7.64. The van der Waals surface area contributed by atoms with Crippen LogP contribution < -0.4 is 0 Å². The molecule has 1 saturated heterocycles. The molecule has 1 aromatic heterocycles. The summed E-state index contributed by atoms with van der Waals surface area (Å²) in [5, 5.41) is 0. The first kappa shape index (κ1) is 17.6. The van der Waals surface area contributed by atoms with Gasteiger partial charge in [-0.25, -0.2) is 4.39 Å². The fourth-order valence-electron chi connectivity index (χ4n) is 2.39. The van der Waals surface area contributed by atoms with Gasteiger partial charge in [0, 0.05) is 19.0 Å². The Balaban J connectivity index is 1.78. The zero-order valence-corrected chi connectivity index (χ0v) is 14.7. The monoisotopic (exact) mass is 375 g/mol. The van der Waals surface area contributed by atoms with Crippen molar-refractivity contribution in [1.29, 1.82) is 0 Å². The Bertz CT molecular complexity index is 860. The smallest absolute Gasteiger partial charge is 0.266 e. The van der Waals surface area contributed by atoms with E-state index >= 15 is 0 Å². The molecule has 128 valence electrons. The summed E-state index contributed by atoms with van der Waals surface area (Å²) in [5.41, 5.74) is 0.364. The van der Waals surface area contributed by atoms with Gasteiger partial charge in [-0.05, 0) is 30.7 Å². The van der Waals surface area contributed by atoms with E-state index in [1.807, 2.05) is 0 Å². The molecule has 1 aliphatic heterocycles. The Morgan fingerprint density at radius 1 is 1.24 bits per heavy atom. The second-order valence-corrected chi connectivity index (χ2v) is 7.00. The molecule has 2 heterocycles. The van der Waals surface area contributed by atoms with Crippen molar-refractivity contribution in [1.82, 2.24) is 4.90 Å². The van der Waals surface area contributed by atoms with Crippen molar-refractivity contribution in [3.05, 3.63) is 52.9 Å². The molecule has 1 aliphatic rings. The van der Waals surface area contributed by atoms with Crippen LogP contribution in [0.4, 0.5) is 4.39 Å². The summed E-state index contributed by atoms with van der Waals surface area (Å²) in [7, 11) is 0. The van der Waals surface area contributed by atoms with Crippen molar-refractivity contribution in [2.45, 2.75) is 12.8 Å². The maximum absolute atomic E-state index is 13.8. The van der Waals surface area contributed by atoms with Crippen LogP contribution in [0.5, 0.6) is 0 Å². The third kappa shape index (κ3) is 3.88. The molecule has 4 nitrogen and oxygen atoms in total. The molecule has 0 spiro atoms. The highest BCUT2D eigenvalue weighted by Crippen LogP contribution is 2.34. The van der Waals surface area contributed by atoms with Crippen LogP contribution in [0.2, 0.25) is 0 Å². The van der Waals surface area contributed by atoms with Gasteiger partial charge in [-0.2, -0.15) is 0 Å². The average molecular weight is 375 g/mol. The number of carbonyl (C=O) groups is 2. The molecule has 2 aromatic rings. The van der Waals surface area contributed by atoms with Gasteiger partial charge in [0.2, 0.25) is 0 Å². The Hall–Kier alpha value is -2.25. The van der Waals surface area contributed by atoms with Crippen molar-refractivity contribution in [3.8, 4) is 11.3 Å². The van der Waals surface area contributed by atoms with E-state index in [9.17, 15) is 14.0 Å². The first-order valence-corrected chi connectivity index (χ1v) is 8.86. The van der Waals surface area contributed by atoms with Gasteiger partial charge in [-0.3, -0.25) is 9.69 Å². The molecular weight excluding hydrogens is 361 g/mol. The number of unbranched alkanes of at least 4 members (excludes halogenated alkanes) is 1. The van der Waals surface area contributed by atoms with E-state index < -0.39 is 0 Å². The van der Waals surface area contributed by atoms with E-state index in [0.717, 1.165) is 6.29 Å². The van der Waals surface area contributed by atoms with Gasteiger partial charge in [-0.1, -0.05) is 36.1 Å². The van der Waals surface area contributed by atoms with Gasteiger partial charge in [0.25, 0.3) is 5.91 Å². The average Bonchev–Trinajstić information content (AvgIpc) is 3.15. The topological polar surface area (TPSA) is 50.5 Å². The van der Waals surface area contributed by atoms with Gasteiger partial charge >= 0.3 is 0 Å². The molecule has 0 radical (unpaired) electrons. The third-order valence-corrected chi connectivity index (χ3v) is 4.99. The maximum Gasteiger partial charge on any atom is 0.266 e. The van der Waals surface area contributed by atoms with E-state index in [4.69, 9.17) is 16.6 Å². The number of furan rings is 1. The van der Waals surface area contributed by atoms with Crippen molar-refractivity contribution < 1.29 is 18.4 Å². The highest BCUT2D eigenvalue weighted by molar-refractivity contribution is 8.26. The molecule has 0 unspecified atom stereocenters. The number of halogens is 1. The number of carbonyl (C=O) groups excluding carboxylic acids is 2. The molecule has 7 heteroatoms. The van der Waals surface area contributed by atoms with Crippen LogP contribution in [0.25, 0.3) is 17.4 Å². The molecule has 0 atom stereocenters. The van der Waals surface area contributed by atoms with Gasteiger partial charge in [0.05, 0.1) is 10.5 Å². The third-order valence-electron chi connectivity index (χ3n) is 3.62. The molecule has 0 bridgehead atoms. The van der Waals surface area contributed by atoms with Gasteiger partial charge in [-0.15, -0.1) is 0 Å². The molecular formula is C18H14FNO3S2. The number of benzene rings is 1. The summed E-state index contributed by atoms with van der Waals surface area (Å²) in [6, 6.07) is 9.67. The lowest BCUT2D eigenvalue weighted by molar-refractivity contribution is -0.122.